The van der Waals surface area contributed by atoms with Crippen LogP contribution in [0.5, 0.6) is 0 Å². The van der Waals surface area contributed by atoms with Crippen molar-refractivity contribution >= 4 is 29.0 Å². The third-order valence-electron chi connectivity index (χ3n) is 2.72. The minimum atomic E-state index is -0.379. The van der Waals surface area contributed by atoms with Crippen LogP contribution in [0, 0.1) is 11.3 Å². The molecule has 0 radical (unpaired) electrons. The lowest BCUT2D eigenvalue weighted by Gasteiger charge is -2.08. The molecule has 90 valence electrons. The topological polar surface area (TPSA) is 52.9 Å². The second-order valence-corrected chi connectivity index (χ2v) is 6.17. The number of nitrogens with zero attached hydrogens (tertiary/aromatic N) is 1. The van der Waals surface area contributed by atoms with Crippen molar-refractivity contribution in [3.8, 4) is 6.07 Å². The van der Waals surface area contributed by atoms with Gasteiger partial charge in [-0.25, -0.2) is 0 Å². The van der Waals surface area contributed by atoms with E-state index >= 15 is 0 Å². The van der Waals surface area contributed by atoms with Crippen LogP contribution in [0.1, 0.15) is 33.5 Å². The van der Waals surface area contributed by atoms with Gasteiger partial charge in [0, 0.05) is 10.6 Å². The van der Waals surface area contributed by atoms with Gasteiger partial charge in [-0.3, -0.25) is 4.79 Å². The lowest BCUT2D eigenvalue weighted by atomic mass is 10.2. The van der Waals surface area contributed by atoms with Crippen LogP contribution in [-0.4, -0.2) is 17.7 Å². The second kappa shape index (κ2) is 5.56. The van der Waals surface area contributed by atoms with Crippen LogP contribution in [0.3, 0.4) is 0 Å². The van der Waals surface area contributed by atoms with Gasteiger partial charge < -0.3 is 5.32 Å². The molecule has 0 saturated carbocycles. The van der Waals surface area contributed by atoms with Gasteiger partial charge in [0.05, 0.1) is 10.9 Å². The summed E-state index contributed by atoms with van der Waals surface area (Å²) in [6.07, 6.45) is 1.70. The van der Waals surface area contributed by atoms with Gasteiger partial charge in [0.15, 0.2) is 0 Å². The fourth-order valence-electron chi connectivity index (χ4n) is 1.71. The fourth-order valence-corrected chi connectivity index (χ4v) is 3.99. The van der Waals surface area contributed by atoms with E-state index in [0.717, 1.165) is 22.8 Å². The summed E-state index contributed by atoms with van der Waals surface area (Å²) >= 11 is 3.48. The molecule has 1 aliphatic rings. The molecule has 3 nitrogen and oxygen atoms in total. The molecule has 2 rings (SSSR count). The zero-order valence-electron chi connectivity index (χ0n) is 9.66. The molecule has 0 bridgehead atoms. The maximum atomic E-state index is 11.9. The number of hydrogen-bond donors (Lipinski definition) is 1. The Bertz CT molecular complexity index is 438. The molecule has 0 spiro atoms. The van der Waals surface area contributed by atoms with E-state index in [-0.39, 0.29) is 11.9 Å². The Hall–Kier alpha value is -0.990. The summed E-state index contributed by atoms with van der Waals surface area (Å²) < 4.78 is 0. The Morgan fingerprint density at radius 2 is 2.53 bits per heavy atom. The number of hydrogen-bond acceptors (Lipinski definition) is 4. The summed E-state index contributed by atoms with van der Waals surface area (Å²) in [5, 5.41) is 11.6. The predicted octanol–water partition coefficient (Wildman–Crippen LogP) is 2.57. The largest absolute Gasteiger partial charge is 0.336 e. The Morgan fingerprint density at radius 1 is 1.71 bits per heavy atom. The van der Waals surface area contributed by atoms with Crippen molar-refractivity contribution in [3.05, 3.63) is 21.4 Å². The molecule has 1 aliphatic heterocycles. The average Bonchev–Trinajstić information content (AvgIpc) is 2.79. The van der Waals surface area contributed by atoms with E-state index in [1.807, 2.05) is 24.8 Å². The summed E-state index contributed by atoms with van der Waals surface area (Å²) in [5.74, 6) is 2.04. The minimum Gasteiger partial charge on any atom is -0.336 e. The van der Waals surface area contributed by atoms with Gasteiger partial charge >= 0.3 is 0 Å². The number of aryl methyl sites for hydroxylation is 1. The monoisotopic (exact) mass is 266 g/mol. The van der Waals surface area contributed by atoms with Crippen molar-refractivity contribution < 1.29 is 4.79 Å². The zero-order chi connectivity index (χ0) is 12.3. The van der Waals surface area contributed by atoms with Crippen LogP contribution in [0.15, 0.2) is 6.07 Å². The van der Waals surface area contributed by atoms with Crippen molar-refractivity contribution in [2.24, 2.45) is 0 Å². The Balaban J connectivity index is 2.09. The van der Waals surface area contributed by atoms with Gasteiger partial charge in [0.2, 0.25) is 0 Å². The molecule has 1 aromatic heterocycles. The van der Waals surface area contributed by atoms with E-state index in [1.165, 1.54) is 10.4 Å². The summed E-state index contributed by atoms with van der Waals surface area (Å²) in [6, 6.07) is 3.68. The number of rotatable bonds is 3. The molecule has 0 aromatic carbocycles. The summed E-state index contributed by atoms with van der Waals surface area (Å²) in [7, 11) is 0. The van der Waals surface area contributed by atoms with Gasteiger partial charge in [-0.2, -0.15) is 17.0 Å². The maximum Gasteiger partial charge on any atom is 0.262 e. The van der Waals surface area contributed by atoms with Crippen molar-refractivity contribution in [2.45, 2.75) is 31.6 Å². The SMILES string of the molecule is CCC(C#N)NC(=O)c1cc2c(s1)CCSC2. The number of thiophene rings is 1. The molecule has 1 atom stereocenters. The number of nitriles is 1. The lowest BCUT2D eigenvalue weighted by molar-refractivity contribution is 0.0948. The Kier molecular flexibility index (Phi) is 4.08. The molecule has 17 heavy (non-hydrogen) atoms. The molecule has 1 amide bonds. The average molecular weight is 266 g/mol. The Morgan fingerprint density at radius 3 is 3.18 bits per heavy atom. The Labute approximate surface area is 109 Å². The van der Waals surface area contributed by atoms with Crippen LogP contribution >= 0.6 is 23.1 Å². The van der Waals surface area contributed by atoms with Gasteiger partial charge in [-0.05, 0) is 30.2 Å². The third kappa shape index (κ3) is 2.82. The summed E-state index contributed by atoms with van der Waals surface area (Å²) in [4.78, 5) is 14.0. The van der Waals surface area contributed by atoms with E-state index in [4.69, 9.17) is 5.26 Å². The van der Waals surface area contributed by atoms with Crippen molar-refractivity contribution in [1.82, 2.24) is 5.32 Å². The first-order valence-corrected chi connectivity index (χ1v) is 7.61. The molecule has 1 N–H and O–H groups in total. The highest BCUT2D eigenvalue weighted by Gasteiger charge is 2.18. The van der Waals surface area contributed by atoms with Crippen molar-refractivity contribution in [2.75, 3.05) is 5.75 Å². The first-order chi connectivity index (χ1) is 8.24. The summed E-state index contributed by atoms with van der Waals surface area (Å²) in [5.41, 5.74) is 1.29. The highest BCUT2D eigenvalue weighted by Crippen LogP contribution is 2.31. The molecular weight excluding hydrogens is 252 g/mol. The smallest absolute Gasteiger partial charge is 0.262 e. The maximum absolute atomic E-state index is 11.9. The van der Waals surface area contributed by atoms with Gasteiger partial charge in [-0.15, -0.1) is 11.3 Å². The highest BCUT2D eigenvalue weighted by molar-refractivity contribution is 7.98. The number of nitrogens with one attached hydrogen (secondary N) is 1. The highest BCUT2D eigenvalue weighted by atomic mass is 32.2. The third-order valence-corrected chi connectivity index (χ3v) is 4.96. The molecule has 1 aromatic rings. The molecule has 0 fully saturated rings. The van der Waals surface area contributed by atoms with Gasteiger partial charge in [0.1, 0.15) is 6.04 Å². The fraction of sp³-hybridized carbons (Fsp3) is 0.500. The molecule has 5 heteroatoms. The number of thioether (sulfide) groups is 1. The predicted molar refractivity (Wildman–Crippen MR) is 71.3 cm³/mol. The lowest BCUT2D eigenvalue weighted by Crippen LogP contribution is -2.32. The normalized spacial score (nSPS) is 15.8. The first kappa shape index (κ1) is 12.5. The molecular formula is C12H14N2OS2. The molecule has 1 unspecified atom stereocenters. The summed E-state index contributed by atoms with van der Waals surface area (Å²) in [6.45, 7) is 1.89. The number of fused-ring (bicyclic) bond motifs is 1. The van der Waals surface area contributed by atoms with E-state index in [0.29, 0.717) is 6.42 Å². The van der Waals surface area contributed by atoms with E-state index in [9.17, 15) is 4.79 Å². The number of amides is 1. The van der Waals surface area contributed by atoms with Crippen LogP contribution in [0.4, 0.5) is 0 Å². The van der Waals surface area contributed by atoms with E-state index in [2.05, 4.69) is 11.4 Å². The first-order valence-electron chi connectivity index (χ1n) is 5.64. The van der Waals surface area contributed by atoms with Crippen LogP contribution in [0.25, 0.3) is 0 Å². The minimum absolute atomic E-state index is 0.109. The standard InChI is InChI=1S/C12H14N2OS2/c1-2-9(6-13)14-12(15)11-5-8-7-16-4-3-10(8)17-11/h5,9H,2-4,7H2,1H3,(H,14,15). The number of carbonyl (C=O) groups excluding carboxylic acids is 1. The van der Waals surface area contributed by atoms with E-state index in [1.54, 1.807) is 11.3 Å². The second-order valence-electron chi connectivity index (χ2n) is 3.93. The van der Waals surface area contributed by atoms with Crippen molar-refractivity contribution in [3.63, 3.8) is 0 Å². The van der Waals surface area contributed by atoms with Crippen molar-refractivity contribution in [1.29, 1.82) is 5.26 Å². The molecule has 0 saturated heterocycles. The quantitative estimate of drug-likeness (QED) is 0.915. The van der Waals surface area contributed by atoms with Crippen LogP contribution in [0.2, 0.25) is 0 Å². The number of carbonyl (C=O) groups is 1. The van der Waals surface area contributed by atoms with Gasteiger partial charge in [0.25, 0.3) is 5.91 Å². The zero-order valence-corrected chi connectivity index (χ0v) is 11.3. The van der Waals surface area contributed by atoms with E-state index < -0.39 is 0 Å². The van der Waals surface area contributed by atoms with Gasteiger partial charge in [-0.1, -0.05) is 6.92 Å². The molecule has 0 aliphatic carbocycles. The van der Waals surface area contributed by atoms with Crippen LogP contribution in [-0.2, 0) is 12.2 Å². The van der Waals surface area contributed by atoms with Crippen LogP contribution < -0.4 is 5.32 Å². The molecule has 2 heterocycles.